The second-order valence-corrected chi connectivity index (χ2v) is 11.1. The van der Waals surface area contributed by atoms with E-state index in [4.69, 9.17) is 19.7 Å². The first-order valence-corrected chi connectivity index (χ1v) is 14.9. The topological polar surface area (TPSA) is 114 Å². The molecule has 0 bridgehead atoms. The molecule has 0 amide bonds. The Bertz CT molecular complexity index is 1870. The van der Waals surface area contributed by atoms with E-state index in [2.05, 4.69) is 39.4 Å². The zero-order chi connectivity index (χ0) is 31.9. The van der Waals surface area contributed by atoms with E-state index in [1.54, 1.807) is 23.0 Å². The summed E-state index contributed by atoms with van der Waals surface area (Å²) in [5, 5.41) is 14.9. The fraction of sp³-hybridized carbons (Fsp3) is 0.171. The highest BCUT2D eigenvalue weighted by atomic mass is 16.6. The number of aromatic nitrogens is 4. The molecule has 0 radical (unpaired) electrons. The summed E-state index contributed by atoms with van der Waals surface area (Å²) in [5.41, 5.74) is 4.66. The van der Waals surface area contributed by atoms with Crippen LogP contribution in [-0.2, 0) is 13.1 Å². The molecule has 232 valence electrons. The first-order valence-electron chi connectivity index (χ1n) is 14.9. The van der Waals surface area contributed by atoms with Crippen LogP contribution < -0.4 is 15.0 Å². The SMILES string of the molecule is CN(C)CCOc1ccc(Nc2nc(N(Cc3ccccc3)Cc3ccccc3)c3ncn(-c4cccc([N+](=O)[O-])c4)c3n2)cc1. The Morgan fingerprint density at radius 3 is 2.15 bits per heavy atom. The van der Waals surface area contributed by atoms with Crippen molar-refractivity contribution in [3.8, 4) is 11.4 Å². The van der Waals surface area contributed by atoms with E-state index in [0.717, 1.165) is 29.1 Å². The molecule has 2 aromatic heterocycles. The Labute approximate surface area is 266 Å². The minimum Gasteiger partial charge on any atom is -0.492 e. The summed E-state index contributed by atoms with van der Waals surface area (Å²) in [6, 6.07) is 34.5. The van der Waals surface area contributed by atoms with Crippen molar-refractivity contribution in [1.82, 2.24) is 24.4 Å². The number of ether oxygens (including phenoxy) is 1. The molecule has 0 aliphatic carbocycles. The van der Waals surface area contributed by atoms with Crippen LogP contribution in [0.4, 0.5) is 23.1 Å². The van der Waals surface area contributed by atoms with E-state index < -0.39 is 4.92 Å². The fourth-order valence-electron chi connectivity index (χ4n) is 5.03. The van der Waals surface area contributed by atoms with E-state index in [-0.39, 0.29) is 5.69 Å². The van der Waals surface area contributed by atoms with Crippen LogP contribution in [0, 0.1) is 10.1 Å². The van der Waals surface area contributed by atoms with Crippen molar-refractivity contribution < 1.29 is 9.66 Å². The number of benzene rings is 4. The normalized spacial score (nSPS) is 11.1. The van der Waals surface area contributed by atoms with Gasteiger partial charge >= 0.3 is 0 Å². The van der Waals surface area contributed by atoms with Crippen LogP contribution in [0.3, 0.4) is 0 Å². The number of likely N-dealkylation sites (N-methyl/N-ethyl adjacent to an activating group) is 1. The molecule has 2 heterocycles. The molecule has 0 spiro atoms. The highest BCUT2D eigenvalue weighted by Gasteiger charge is 2.21. The molecule has 0 aliphatic rings. The largest absolute Gasteiger partial charge is 0.492 e. The Kier molecular flexibility index (Phi) is 9.12. The van der Waals surface area contributed by atoms with Crippen LogP contribution in [0.2, 0.25) is 0 Å². The lowest BCUT2D eigenvalue weighted by Gasteiger charge is -2.25. The summed E-state index contributed by atoms with van der Waals surface area (Å²) < 4.78 is 7.61. The summed E-state index contributed by atoms with van der Waals surface area (Å²) in [5.74, 6) is 1.76. The van der Waals surface area contributed by atoms with Gasteiger partial charge in [-0.05, 0) is 55.6 Å². The number of nitrogens with one attached hydrogen (secondary N) is 1. The lowest BCUT2D eigenvalue weighted by atomic mass is 10.1. The van der Waals surface area contributed by atoms with Crippen molar-refractivity contribution in [1.29, 1.82) is 0 Å². The quantitative estimate of drug-likeness (QED) is 0.113. The van der Waals surface area contributed by atoms with Crippen molar-refractivity contribution in [2.24, 2.45) is 0 Å². The number of nitrogens with zero attached hydrogens (tertiary/aromatic N) is 7. The van der Waals surface area contributed by atoms with Gasteiger partial charge in [0.2, 0.25) is 5.95 Å². The van der Waals surface area contributed by atoms with Gasteiger partial charge in [0.1, 0.15) is 18.7 Å². The number of nitro groups is 1. The first kappa shape index (κ1) is 30.2. The molecule has 0 fully saturated rings. The Morgan fingerprint density at radius 2 is 1.52 bits per heavy atom. The maximum absolute atomic E-state index is 11.6. The van der Waals surface area contributed by atoms with Crippen molar-refractivity contribution in [2.45, 2.75) is 13.1 Å². The third-order valence-corrected chi connectivity index (χ3v) is 7.35. The summed E-state index contributed by atoms with van der Waals surface area (Å²) >= 11 is 0. The Morgan fingerprint density at radius 1 is 0.848 bits per heavy atom. The van der Waals surface area contributed by atoms with Crippen molar-refractivity contribution in [3.05, 3.63) is 137 Å². The van der Waals surface area contributed by atoms with Crippen LogP contribution in [0.25, 0.3) is 16.9 Å². The van der Waals surface area contributed by atoms with Gasteiger partial charge in [-0.3, -0.25) is 14.7 Å². The number of non-ortho nitro benzene ring substituents is 1. The number of imidazole rings is 1. The summed E-state index contributed by atoms with van der Waals surface area (Å²) in [4.78, 5) is 30.0. The van der Waals surface area contributed by atoms with Crippen LogP contribution in [0.15, 0.2) is 116 Å². The van der Waals surface area contributed by atoms with Crippen molar-refractivity contribution in [2.75, 3.05) is 37.5 Å². The van der Waals surface area contributed by atoms with E-state index in [1.807, 2.05) is 74.8 Å². The molecular weight excluding hydrogens is 580 g/mol. The molecule has 4 aromatic carbocycles. The Balaban J connectivity index is 1.43. The minimum atomic E-state index is -0.411. The third-order valence-electron chi connectivity index (χ3n) is 7.35. The highest BCUT2D eigenvalue weighted by molar-refractivity contribution is 5.86. The summed E-state index contributed by atoms with van der Waals surface area (Å²) in [7, 11) is 4.01. The molecule has 6 rings (SSSR count). The molecule has 0 atom stereocenters. The fourth-order valence-corrected chi connectivity index (χ4v) is 5.03. The van der Waals surface area contributed by atoms with Gasteiger partial charge in [0.25, 0.3) is 5.69 Å². The molecule has 6 aromatic rings. The summed E-state index contributed by atoms with van der Waals surface area (Å²) in [6.45, 7) is 2.55. The maximum atomic E-state index is 11.6. The van der Waals surface area contributed by atoms with E-state index in [1.165, 1.54) is 12.1 Å². The van der Waals surface area contributed by atoms with Gasteiger partial charge in [0.05, 0.1) is 10.6 Å². The molecule has 11 nitrogen and oxygen atoms in total. The zero-order valence-electron chi connectivity index (χ0n) is 25.7. The molecule has 0 saturated heterocycles. The number of hydrogen-bond donors (Lipinski definition) is 1. The van der Waals surface area contributed by atoms with Crippen molar-refractivity contribution >= 4 is 34.3 Å². The van der Waals surface area contributed by atoms with Gasteiger partial charge < -0.3 is 19.9 Å². The van der Waals surface area contributed by atoms with Crippen molar-refractivity contribution in [3.63, 3.8) is 0 Å². The number of rotatable bonds is 13. The second-order valence-electron chi connectivity index (χ2n) is 11.1. The average molecular weight is 615 g/mol. The number of nitro benzene ring substituents is 1. The van der Waals surface area contributed by atoms with Gasteiger partial charge in [-0.15, -0.1) is 0 Å². The number of anilines is 3. The zero-order valence-corrected chi connectivity index (χ0v) is 25.7. The molecule has 1 N–H and O–H groups in total. The van der Waals surface area contributed by atoms with E-state index in [0.29, 0.717) is 48.3 Å². The lowest BCUT2D eigenvalue weighted by Crippen LogP contribution is -2.24. The van der Waals surface area contributed by atoms with Gasteiger partial charge in [-0.1, -0.05) is 66.7 Å². The highest BCUT2D eigenvalue weighted by Crippen LogP contribution is 2.31. The lowest BCUT2D eigenvalue weighted by molar-refractivity contribution is -0.384. The van der Waals surface area contributed by atoms with E-state index in [9.17, 15) is 10.1 Å². The first-order chi connectivity index (χ1) is 22.4. The minimum absolute atomic E-state index is 0.0188. The third kappa shape index (κ3) is 7.28. The second kappa shape index (κ2) is 13.9. The standard InChI is InChI=1S/C35H34N8O3/c1-40(2)20-21-46-31-18-16-28(17-19-31)37-35-38-33(41(23-26-10-5-3-6-11-26)24-27-12-7-4-8-13-27)32-34(39-35)42(25-36-32)29-14-9-15-30(22-29)43(44)45/h3-19,22,25H,20-21,23-24H2,1-2H3,(H,37,38,39). The molecule has 0 saturated carbocycles. The average Bonchev–Trinajstić information content (AvgIpc) is 3.50. The van der Waals surface area contributed by atoms with Crippen LogP contribution in [-0.4, -0.2) is 56.6 Å². The smallest absolute Gasteiger partial charge is 0.271 e. The Hall–Kier alpha value is -5.81. The predicted molar refractivity (Wildman–Crippen MR) is 180 cm³/mol. The summed E-state index contributed by atoms with van der Waals surface area (Å²) in [6.07, 6.45) is 1.63. The molecule has 0 aliphatic heterocycles. The molecule has 0 unspecified atom stereocenters. The van der Waals surface area contributed by atoms with Gasteiger partial charge in [-0.25, -0.2) is 4.98 Å². The number of fused-ring (bicyclic) bond motifs is 1. The van der Waals surface area contributed by atoms with Crippen LogP contribution >= 0.6 is 0 Å². The van der Waals surface area contributed by atoms with Gasteiger partial charge in [0.15, 0.2) is 17.0 Å². The molecule has 46 heavy (non-hydrogen) atoms. The van der Waals surface area contributed by atoms with Gasteiger partial charge in [0, 0.05) is 37.5 Å². The van der Waals surface area contributed by atoms with E-state index >= 15 is 0 Å². The maximum Gasteiger partial charge on any atom is 0.271 e. The van der Waals surface area contributed by atoms with Gasteiger partial charge in [-0.2, -0.15) is 9.97 Å². The molecule has 11 heteroatoms. The monoisotopic (exact) mass is 614 g/mol. The van der Waals surface area contributed by atoms with Crippen LogP contribution in [0.1, 0.15) is 11.1 Å². The molecular formula is C35H34N8O3. The number of hydrogen-bond acceptors (Lipinski definition) is 9. The predicted octanol–water partition coefficient (Wildman–Crippen LogP) is 6.61. The van der Waals surface area contributed by atoms with Crippen LogP contribution in [0.5, 0.6) is 5.75 Å².